The molecule has 1 unspecified atom stereocenters. The average molecular weight is 304 g/mol. The van der Waals surface area contributed by atoms with Crippen molar-refractivity contribution in [3.63, 3.8) is 0 Å². The minimum Gasteiger partial charge on any atom is -0.809 e. The van der Waals surface area contributed by atoms with Crippen molar-refractivity contribution in [2.45, 2.75) is 5.52 Å². The van der Waals surface area contributed by atoms with Crippen molar-refractivity contribution in [3.8, 4) is 0 Å². The van der Waals surface area contributed by atoms with Crippen LogP contribution in [-0.4, -0.2) is 46.4 Å². The summed E-state index contributed by atoms with van der Waals surface area (Å²) in [6.45, 7) is 1.06. The molecule has 0 bridgehead atoms. The maximum absolute atomic E-state index is 10.9. The molecule has 1 aliphatic heterocycles. The fourth-order valence-corrected chi connectivity index (χ4v) is 4.27. The van der Waals surface area contributed by atoms with Crippen LogP contribution in [0, 0.1) is 0 Å². The Balaban J connectivity index is 0. The van der Waals surface area contributed by atoms with E-state index in [0.29, 0.717) is 13.1 Å². The zero-order valence-corrected chi connectivity index (χ0v) is 15.6. The minimum absolute atomic E-state index is 0. The Kier molecular flexibility index (Phi) is 10.8. The van der Waals surface area contributed by atoms with Crippen LogP contribution in [0.25, 0.3) is 0 Å². The van der Waals surface area contributed by atoms with E-state index >= 15 is 0 Å². The van der Waals surface area contributed by atoms with Crippen LogP contribution in [0.4, 0.5) is 0 Å². The molecule has 1 heterocycles. The molecule has 0 aromatic carbocycles. The molecule has 1 saturated heterocycles. The van der Waals surface area contributed by atoms with Gasteiger partial charge in [-0.15, -0.1) is 0 Å². The number of hydrogen-bond acceptors (Lipinski definition) is 6. The summed E-state index contributed by atoms with van der Waals surface area (Å²) >= 11 is 0. The van der Waals surface area contributed by atoms with Gasteiger partial charge in [0.15, 0.2) is 0 Å². The van der Waals surface area contributed by atoms with E-state index in [1.54, 1.807) is 0 Å². The van der Waals surface area contributed by atoms with Crippen LogP contribution in [0.3, 0.4) is 0 Å². The van der Waals surface area contributed by atoms with Crippen molar-refractivity contribution in [1.82, 2.24) is 10.2 Å². The first kappa shape index (κ1) is 21.5. The molecule has 0 amide bonds. The van der Waals surface area contributed by atoms with Crippen molar-refractivity contribution >= 4 is 15.2 Å². The second-order valence-electron chi connectivity index (χ2n) is 3.26. The van der Waals surface area contributed by atoms with Gasteiger partial charge in [0.05, 0.1) is 0 Å². The largest absolute Gasteiger partial charge is 1.00 e. The second-order valence-corrected chi connectivity index (χ2v) is 6.90. The van der Waals surface area contributed by atoms with E-state index in [4.69, 9.17) is 9.79 Å². The number of nitrogens with zero attached hydrogens (tertiary/aromatic N) is 1. The third kappa shape index (κ3) is 6.97. The van der Waals surface area contributed by atoms with Crippen molar-refractivity contribution in [3.05, 3.63) is 0 Å². The quantitative estimate of drug-likeness (QED) is 0.345. The smallest absolute Gasteiger partial charge is 0.809 e. The molecule has 0 aromatic rings. The van der Waals surface area contributed by atoms with Crippen molar-refractivity contribution in [1.29, 1.82) is 0 Å². The van der Waals surface area contributed by atoms with Gasteiger partial charge in [-0.05, 0) is 7.60 Å². The predicted molar refractivity (Wildman–Crippen MR) is 47.9 cm³/mol. The Morgan fingerprint density at radius 2 is 1.53 bits per heavy atom. The number of rotatable bonds is 3. The van der Waals surface area contributed by atoms with Gasteiger partial charge in [-0.3, -0.25) is 9.46 Å². The van der Waals surface area contributed by atoms with Crippen molar-refractivity contribution < 1.29 is 87.8 Å². The predicted octanol–water partition coefficient (Wildman–Crippen LogP) is -8.73. The molecule has 1 rings (SSSR count). The van der Waals surface area contributed by atoms with Crippen molar-refractivity contribution in [2.24, 2.45) is 0 Å². The summed E-state index contributed by atoms with van der Waals surface area (Å²) in [7, 11) is -10.3. The van der Waals surface area contributed by atoms with Gasteiger partial charge in [0, 0.05) is 26.2 Å². The number of hydrogen-bond donors (Lipinski definition) is 3. The van der Waals surface area contributed by atoms with Gasteiger partial charge in [-0.1, -0.05) is 0 Å². The first-order valence-electron chi connectivity index (χ1n) is 4.24. The molecule has 17 heavy (non-hydrogen) atoms. The molecular weight excluding hydrogens is 292 g/mol. The molecule has 0 aromatic heterocycles. The summed E-state index contributed by atoms with van der Waals surface area (Å²) in [5, 5.41) is 2.88. The SMILES string of the molecule is O=P([O-])([O-])C(N1CCNCC1)P(=O)(O)O.[Na+].[Na+]. The van der Waals surface area contributed by atoms with Gasteiger partial charge in [-0.2, -0.15) is 0 Å². The van der Waals surface area contributed by atoms with E-state index < -0.39 is 20.7 Å². The van der Waals surface area contributed by atoms with E-state index in [1.807, 2.05) is 0 Å². The molecule has 12 heteroatoms. The van der Waals surface area contributed by atoms with E-state index in [2.05, 4.69) is 5.32 Å². The Bertz CT molecular complexity index is 292. The summed E-state index contributed by atoms with van der Waals surface area (Å²) in [6, 6.07) is 0. The van der Waals surface area contributed by atoms with E-state index in [9.17, 15) is 18.9 Å². The summed E-state index contributed by atoms with van der Waals surface area (Å²) in [4.78, 5) is 40.3. The normalized spacial score (nSPS) is 20.0. The first-order chi connectivity index (χ1) is 6.73. The van der Waals surface area contributed by atoms with Crippen LogP contribution in [0.5, 0.6) is 0 Å². The second kappa shape index (κ2) is 8.49. The summed E-state index contributed by atoms with van der Waals surface area (Å²) < 4.78 is 21.7. The van der Waals surface area contributed by atoms with Crippen LogP contribution >= 0.6 is 15.2 Å². The molecule has 0 spiro atoms. The summed E-state index contributed by atoms with van der Waals surface area (Å²) in [6.07, 6.45) is 0. The molecule has 3 N–H and O–H groups in total. The molecule has 1 aliphatic rings. The van der Waals surface area contributed by atoms with Gasteiger partial charge in [-0.25, -0.2) is 0 Å². The average Bonchev–Trinajstić information content (AvgIpc) is 2.00. The van der Waals surface area contributed by atoms with Gasteiger partial charge < -0.3 is 29.5 Å². The summed E-state index contributed by atoms with van der Waals surface area (Å²) in [5.74, 6) is 0. The fraction of sp³-hybridized carbons (Fsp3) is 1.00. The maximum Gasteiger partial charge on any atom is 1.00 e. The molecule has 0 radical (unpaired) electrons. The zero-order valence-electron chi connectivity index (χ0n) is 9.77. The third-order valence-electron chi connectivity index (χ3n) is 2.06. The Labute approximate surface area is 143 Å². The Hall–Kier alpha value is 2.22. The molecule has 1 fully saturated rings. The Morgan fingerprint density at radius 3 is 1.82 bits per heavy atom. The molecular formula is C5H12N2Na2O6P2. The van der Waals surface area contributed by atoms with Crippen LogP contribution in [-0.2, 0) is 9.13 Å². The minimum atomic E-state index is -5.33. The van der Waals surface area contributed by atoms with E-state index in [0.717, 1.165) is 4.90 Å². The molecule has 90 valence electrons. The zero-order chi connectivity index (χ0) is 11.7. The van der Waals surface area contributed by atoms with Gasteiger partial charge in [0.2, 0.25) is 0 Å². The molecule has 0 saturated carbocycles. The van der Waals surface area contributed by atoms with Crippen LogP contribution in [0.2, 0.25) is 0 Å². The molecule has 0 aliphatic carbocycles. The van der Waals surface area contributed by atoms with E-state index in [1.165, 1.54) is 0 Å². The number of piperazine rings is 1. The standard InChI is InChI=1S/C5H14N2O6P2.2Na/c8-14(9,10)5(15(11,12)13)7-3-1-6-2-4-7;;/h5-6H,1-4H2,(H2,8,9,10)(H2,11,12,13);;/q;2*+1/p-2. The topological polar surface area (TPSA) is 136 Å². The maximum atomic E-state index is 10.9. The molecule has 1 atom stereocenters. The van der Waals surface area contributed by atoms with Gasteiger partial charge >= 0.3 is 66.7 Å². The van der Waals surface area contributed by atoms with Crippen LogP contribution in [0.15, 0.2) is 0 Å². The molecule has 8 nitrogen and oxygen atoms in total. The van der Waals surface area contributed by atoms with E-state index in [-0.39, 0.29) is 72.2 Å². The monoisotopic (exact) mass is 304 g/mol. The summed E-state index contributed by atoms with van der Waals surface area (Å²) in [5.41, 5.74) is -2.23. The van der Waals surface area contributed by atoms with Gasteiger partial charge in [0.25, 0.3) is 0 Å². The van der Waals surface area contributed by atoms with Gasteiger partial charge in [0.1, 0.15) is 5.52 Å². The Morgan fingerprint density at radius 1 is 1.12 bits per heavy atom. The first-order valence-corrected chi connectivity index (χ1v) is 7.54. The third-order valence-corrected chi connectivity index (χ3v) is 5.63. The van der Waals surface area contributed by atoms with Crippen LogP contribution in [0.1, 0.15) is 0 Å². The number of nitrogens with one attached hydrogen (secondary N) is 1. The fourth-order valence-electron chi connectivity index (χ4n) is 1.51. The van der Waals surface area contributed by atoms with Crippen LogP contribution < -0.4 is 74.2 Å². The van der Waals surface area contributed by atoms with Crippen molar-refractivity contribution in [2.75, 3.05) is 26.2 Å².